The van der Waals surface area contributed by atoms with Crippen LogP contribution in [0.1, 0.15) is 41.5 Å². The molecular weight excluding hydrogens is 328 g/mol. The molecule has 0 aliphatic rings. The van der Waals surface area contributed by atoms with Gasteiger partial charge in [-0.2, -0.15) is 5.10 Å². The first kappa shape index (κ1) is 16.3. The highest BCUT2D eigenvalue weighted by atomic mass is 16.1. The second kappa shape index (κ2) is 6.25. The van der Waals surface area contributed by atoms with Gasteiger partial charge in [0.05, 0.1) is 23.1 Å². The maximum atomic E-state index is 12.7. The average molecular weight is 348 g/mol. The second-order valence-corrected chi connectivity index (χ2v) is 6.60. The Morgan fingerprint density at radius 3 is 2.92 bits per heavy atom. The molecule has 3 heterocycles. The Labute approximate surface area is 150 Å². The normalized spacial score (nSPS) is 11.5. The predicted molar refractivity (Wildman–Crippen MR) is 99.0 cm³/mol. The molecule has 0 fully saturated rings. The monoisotopic (exact) mass is 348 g/mol. The van der Waals surface area contributed by atoms with Crippen LogP contribution in [-0.4, -0.2) is 30.1 Å². The van der Waals surface area contributed by atoms with Crippen molar-refractivity contribution < 1.29 is 4.79 Å². The largest absolute Gasteiger partial charge is 0.348 e. The maximum Gasteiger partial charge on any atom is 0.257 e. The molecule has 1 aromatic carbocycles. The number of amides is 1. The lowest BCUT2D eigenvalue weighted by Crippen LogP contribution is -2.23. The number of carbonyl (C=O) groups is 1. The Morgan fingerprint density at radius 2 is 2.12 bits per heavy atom. The molecule has 0 spiro atoms. The first-order chi connectivity index (χ1) is 12.5. The van der Waals surface area contributed by atoms with E-state index in [0.29, 0.717) is 29.5 Å². The van der Waals surface area contributed by atoms with Crippen LogP contribution in [0.3, 0.4) is 0 Å². The van der Waals surface area contributed by atoms with Crippen LogP contribution >= 0.6 is 0 Å². The fourth-order valence-electron chi connectivity index (χ4n) is 3.13. The zero-order chi connectivity index (χ0) is 18.3. The fraction of sp³-hybridized carbons (Fsp3) is 0.263. The summed E-state index contributed by atoms with van der Waals surface area (Å²) >= 11 is 0. The van der Waals surface area contributed by atoms with Crippen molar-refractivity contribution >= 4 is 22.6 Å². The number of aryl methyl sites for hydroxylation is 1. The highest BCUT2D eigenvalue weighted by Crippen LogP contribution is 2.19. The van der Waals surface area contributed by atoms with Crippen LogP contribution in [0, 0.1) is 6.92 Å². The van der Waals surface area contributed by atoms with Crippen LogP contribution in [0.5, 0.6) is 0 Å². The third kappa shape index (κ3) is 2.71. The molecule has 0 bridgehead atoms. The number of nitrogens with one attached hydrogen (secondary N) is 1. The summed E-state index contributed by atoms with van der Waals surface area (Å²) < 4.78 is 3.75. The molecule has 3 aromatic heterocycles. The van der Waals surface area contributed by atoms with Crippen molar-refractivity contribution in [1.82, 2.24) is 29.5 Å². The predicted octanol–water partition coefficient (Wildman–Crippen LogP) is 2.90. The third-order valence-corrected chi connectivity index (χ3v) is 4.45. The third-order valence-electron chi connectivity index (χ3n) is 4.45. The molecule has 1 amide bonds. The molecule has 0 unspecified atom stereocenters. The van der Waals surface area contributed by atoms with Gasteiger partial charge in [0.25, 0.3) is 5.91 Å². The van der Waals surface area contributed by atoms with Crippen molar-refractivity contribution in [1.29, 1.82) is 0 Å². The lowest BCUT2D eigenvalue weighted by Gasteiger charge is -2.09. The topological polar surface area (TPSA) is 77.1 Å². The molecule has 4 aromatic rings. The number of nitrogens with zero attached hydrogens (tertiary/aromatic N) is 5. The summed E-state index contributed by atoms with van der Waals surface area (Å²) in [6.45, 7) is 6.49. The summed E-state index contributed by atoms with van der Waals surface area (Å²) in [4.78, 5) is 21.4. The number of hydrogen-bond acceptors (Lipinski definition) is 4. The average Bonchev–Trinajstić information content (AvgIpc) is 3.19. The number of fused-ring (bicyclic) bond motifs is 2. The highest BCUT2D eigenvalue weighted by molar-refractivity contribution is 6.00. The molecule has 0 atom stereocenters. The molecule has 7 heteroatoms. The zero-order valence-corrected chi connectivity index (χ0v) is 15.0. The Bertz CT molecular complexity index is 1110. The molecule has 4 rings (SSSR count). The molecule has 0 aliphatic heterocycles. The van der Waals surface area contributed by atoms with Crippen LogP contribution in [0.2, 0.25) is 0 Å². The van der Waals surface area contributed by atoms with Gasteiger partial charge in [-0.1, -0.05) is 6.07 Å². The molecular formula is C19H20N6O. The van der Waals surface area contributed by atoms with Gasteiger partial charge in [-0.15, -0.1) is 0 Å². The van der Waals surface area contributed by atoms with E-state index in [1.165, 1.54) is 0 Å². The van der Waals surface area contributed by atoms with Crippen molar-refractivity contribution in [2.45, 2.75) is 33.4 Å². The van der Waals surface area contributed by atoms with Gasteiger partial charge >= 0.3 is 0 Å². The van der Waals surface area contributed by atoms with Gasteiger partial charge in [0.1, 0.15) is 5.56 Å². The summed E-state index contributed by atoms with van der Waals surface area (Å²) in [5, 5.41) is 7.31. The summed E-state index contributed by atoms with van der Waals surface area (Å²) in [7, 11) is 0. The Balaban J connectivity index is 1.58. The van der Waals surface area contributed by atoms with Crippen molar-refractivity contribution in [3.05, 3.63) is 59.8 Å². The van der Waals surface area contributed by atoms with E-state index in [1.54, 1.807) is 23.0 Å². The standard InChI is InChI=1S/C19H20N6O/c1-12(2)24-11-22-15-6-5-14(9-16(15)24)10-21-19(26)17-13(3)23-25-8-4-7-20-18(17)25/h4-9,11-12H,10H2,1-3H3,(H,21,26). The zero-order valence-electron chi connectivity index (χ0n) is 15.0. The van der Waals surface area contributed by atoms with E-state index in [0.717, 1.165) is 16.6 Å². The van der Waals surface area contributed by atoms with Gasteiger partial charge in [0.15, 0.2) is 5.65 Å². The van der Waals surface area contributed by atoms with Crippen molar-refractivity contribution in [2.24, 2.45) is 0 Å². The quantitative estimate of drug-likeness (QED) is 0.615. The Kier molecular flexibility index (Phi) is 3.91. The van der Waals surface area contributed by atoms with E-state index in [4.69, 9.17) is 0 Å². The lowest BCUT2D eigenvalue weighted by molar-refractivity contribution is 0.0951. The molecule has 26 heavy (non-hydrogen) atoms. The molecule has 0 saturated carbocycles. The number of carbonyl (C=O) groups excluding carboxylic acids is 1. The molecule has 1 N–H and O–H groups in total. The maximum absolute atomic E-state index is 12.7. The molecule has 7 nitrogen and oxygen atoms in total. The van der Waals surface area contributed by atoms with E-state index in [-0.39, 0.29) is 5.91 Å². The van der Waals surface area contributed by atoms with E-state index < -0.39 is 0 Å². The summed E-state index contributed by atoms with van der Waals surface area (Å²) in [6, 6.07) is 8.16. The first-order valence-electron chi connectivity index (χ1n) is 8.58. The van der Waals surface area contributed by atoms with Gasteiger partial charge in [0, 0.05) is 25.0 Å². The van der Waals surface area contributed by atoms with Crippen molar-refractivity contribution in [2.75, 3.05) is 0 Å². The number of rotatable bonds is 4. The second-order valence-electron chi connectivity index (χ2n) is 6.60. The fourth-order valence-corrected chi connectivity index (χ4v) is 3.13. The van der Waals surface area contributed by atoms with Crippen LogP contribution in [0.25, 0.3) is 16.7 Å². The van der Waals surface area contributed by atoms with Crippen LogP contribution in [0.4, 0.5) is 0 Å². The summed E-state index contributed by atoms with van der Waals surface area (Å²) in [5.74, 6) is -0.173. The van der Waals surface area contributed by atoms with Crippen LogP contribution < -0.4 is 5.32 Å². The van der Waals surface area contributed by atoms with E-state index in [1.807, 2.05) is 25.4 Å². The smallest absolute Gasteiger partial charge is 0.257 e. The van der Waals surface area contributed by atoms with Gasteiger partial charge < -0.3 is 9.88 Å². The minimum absolute atomic E-state index is 0.173. The minimum Gasteiger partial charge on any atom is -0.348 e. The van der Waals surface area contributed by atoms with Gasteiger partial charge in [-0.05, 0) is 44.5 Å². The van der Waals surface area contributed by atoms with E-state index in [2.05, 4.69) is 44.9 Å². The van der Waals surface area contributed by atoms with E-state index >= 15 is 0 Å². The van der Waals surface area contributed by atoms with Crippen molar-refractivity contribution in [3.8, 4) is 0 Å². The van der Waals surface area contributed by atoms with Gasteiger partial charge in [-0.3, -0.25) is 4.79 Å². The van der Waals surface area contributed by atoms with Gasteiger partial charge in [0.2, 0.25) is 0 Å². The van der Waals surface area contributed by atoms with E-state index in [9.17, 15) is 4.79 Å². The highest BCUT2D eigenvalue weighted by Gasteiger charge is 2.17. The molecule has 132 valence electrons. The summed E-state index contributed by atoms with van der Waals surface area (Å²) in [5.41, 5.74) is 4.79. The summed E-state index contributed by atoms with van der Waals surface area (Å²) in [6.07, 6.45) is 5.30. The molecule has 0 saturated heterocycles. The van der Waals surface area contributed by atoms with Crippen LogP contribution in [-0.2, 0) is 6.54 Å². The number of imidazole rings is 1. The number of hydrogen-bond donors (Lipinski definition) is 1. The Morgan fingerprint density at radius 1 is 1.27 bits per heavy atom. The minimum atomic E-state index is -0.173. The SMILES string of the molecule is Cc1nn2cccnc2c1C(=O)NCc1ccc2ncn(C(C)C)c2c1. The number of benzene rings is 1. The first-order valence-corrected chi connectivity index (χ1v) is 8.58. The lowest BCUT2D eigenvalue weighted by atomic mass is 10.1. The molecule has 0 aliphatic carbocycles. The Hall–Kier alpha value is -3.22. The van der Waals surface area contributed by atoms with Crippen LogP contribution in [0.15, 0.2) is 43.0 Å². The van der Waals surface area contributed by atoms with Crippen molar-refractivity contribution in [3.63, 3.8) is 0 Å². The number of aromatic nitrogens is 5. The molecule has 0 radical (unpaired) electrons. The van der Waals surface area contributed by atoms with Gasteiger partial charge in [-0.25, -0.2) is 14.5 Å².